The minimum Gasteiger partial charge on any atom is -0.381 e. The summed E-state index contributed by atoms with van der Waals surface area (Å²) in [5.74, 6) is -0.381. The zero-order valence-electron chi connectivity index (χ0n) is 10.1. The van der Waals surface area contributed by atoms with Gasteiger partial charge in [-0.05, 0) is 46.3 Å². The summed E-state index contributed by atoms with van der Waals surface area (Å²) in [4.78, 5) is 10.3. The van der Waals surface area contributed by atoms with E-state index in [9.17, 15) is 14.5 Å². The SMILES string of the molecule is O=[N+]([O-])c1cc(NCc2cc(Cl)ccc2F)ccc1Br. The third-order valence-electron chi connectivity index (χ3n) is 2.63. The van der Waals surface area contributed by atoms with E-state index < -0.39 is 4.92 Å². The number of nitro groups is 1. The highest BCUT2D eigenvalue weighted by atomic mass is 79.9. The van der Waals surface area contributed by atoms with Gasteiger partial charge in [-0.15, -0.1) is 0 Å². The van der Waals surface area contributed by atoms with Crippen molar-refractivity contribution < 1.29 is 9.31 Å². The number of anilines is 1. The van der Waals surface area contributed by atoms with Crippen LogP contribution in [-0.2, 0) is 6.54 Å². The minimum absolute atomic E-state index is 0.0541. The van der Waals surface area contributed by atoms with Crippen molar-refractivity contribution in [3.63, 3.8) is 0 Å². The van der Waals surface area contributed by atoms with E-state index in [0.717, 1.165) is 0 Å². The average molecular weight is 360 g/mol. The largest absolute Gasteiger partial charge is 0.381 e. The quantitative estimate of drug-likeness (QED) is 0.632. The number of halogens is 3. The molecule has 1 N–H and O–H groups in total. The Balaban J connectivity index is 2.17. The molecular weight excluding hydrogens is 351 g/mol. The topological polar surface area (TPSA) is 55.2 Å². The van der Waals surface area contributed by atoms with Crippen LogP contribution < -0.4 is 5.32 Å². The third-order valence-corrected chi connectivity index (χ3v) is 3.54. The fourth-order valence-electron chi connectivity index (χ4n) is 1.64. The first-order chi connectivity index (χ1) is 9.47. The number of hydrogen-bond donors (Lipinski definition) is 1. The third kappa shape index (κ3) is 3.46. The molecule has 0 saturated heterocycles. The predicted molar refractivity (Wildman–Crippen MR) is 79.5 cm³/mol. The standard InChI is InChI=1S/C13H9BrClFN2O2/c14-11-3-2-10(6-13(11)18(19)20)17-7-8-5-9(15)1-4-12(8)16/h1-6,17H,7H2. The van der Waals surface area contributed by atoms with E-state index in [1.54, 1.807) is 12.1 Å². The maximum atomic E-state index is 13.5. The molecule has 0 spiro atoms. The molecule has 2 rings (SSSR count). The molecule has 0 saturated carbocycles. The monoisotopic (exact) mass is 358 g/mol. The highest BCUT2D eigenvalue weighted by Crippen LogP contribution is 2.28. The Morgan fingerprint density at radius 2 is 2.05 bits per heavy atom. The summed E-state index contributed by atoms with van der Waals surface area (Å²) in [6.45, 7) is 0.186. The Kier molecular flexibility index (Phi) is 4.57. The van der Waals surface area contributed by atoms with Gasteiger partial charge in [-0.25, -0.2) is 4.39 Å². The van der Waals surface area contributed by atoms with E-state index >= 15 is 0 Å². The van der Waals surface area contributed by atoms with Gasteiger partial charge in [0.25, 0.3) is 5.69 Å². The van der Waals surface area contributed by atoms with E-state index in [-0.39, 0.29) is 18.0 Å². The molecule has 0 amide bonds. The molecule has 0 atom stereocenters. The van der Waals surface area contributed by atoms with Crippen LogP contribution in [0.15, 0.2) is 40.9 Å². The van der Waals surface area contributed by atoms with Crippen molar-refractivity contribution in [1.29, 1.82) is 0 Å². The second-order valence-corrected chi connectivity index (χ2v) is 5.30. The molecule has 0 unspecified atom stereocenters. The second-order valence-electron chi connectivity index (χ2n) is 4.01. The van der Waals surface area contributed by atoms with Crippen LogP contribution in [0.3, 0.4) is 0 Å². The number of rotatable bonds is 4. The van der Waals surface area contributed by atoms with Crippen molar-refractivity contribution in [2.24, 2.45) is 0 Å². The summed E-state index contributed by atoms with van der Waals surface area (Å²) in [6.07, 6.45) is 0. The van der Waals surface area contributed by atoms with Gasteiger partial charge in [-0.3, -0.25) is 10.1 Å². The fraction of sp³-hybridized carbons (Fsp3) is 0.0769. The first-order valence-corrected chi connectivity index (χ1v) is 6.76. The summed E-state index contributed by atoms with van der Waals surface area (Å²) in [7, 11) is 0. The number of hydrogen-bond acceptors (Lipinski definition) is 3. The van der Waals surface area contributed by atoms with E-state index in [1.807, 2.05) is 0 Å². The molecule has 2 aromatic carbocycles. The summed E-state index contributed by atoms with van der Waals surface area (Å²) in [6, 6.07) is 8.87. The van der Waals surface area contributed by atoms with Gasteiger partial charge in [0.15, 0.2) is 0 Å². The van der Waals surface area contributed by atoms with Gasteiger partial charge in [-0.2, -0.15) is 0 Å². The number of nitrogens with one attached hydrogen (secondary N) is 1. The molecule has 4 nitrogen and oxygen atoms in total. The number of nitro benzene ring substituents is 1. The Bertz CT molecular complexity index is 667. The van der Waals surface area contributed by atoms with Crippen molar-refractivity contribution in [2.75, 3.05) is 5.32 Å². The summed E-state index contributed by atoms with van der Waals surface area (Å²) in [5, 5.41) is 14.2. The number of benzene rings is 2. The van der Waals surface area contributed by atoms with Crippen LogP contribution in [0.5, 0.6) is 0 Å². The molecule has 0 bridgehead atoms. The lowest BCUT2D eigenvalue weighted by atomic mass is 10.2. The smallest absolute Gasteiger partial charge is 0.285 e. The second kappa shape index (κ2) is 6.19. The molecular formula is C13H9BrClFN2O2. The molecule has 104 valence electrons. The summed E-state index contributed by atoms with van der Waals surface area (Å²) < 4.78 is 13.9. The van der Waals surface area contributed by atoms with Gasteiger partial charge in [0.2, 0.25) is 0 Å². The Labute approximate surface area is 127 Å². The molecule has 0 aliphatic heterocycles. The Hall–Kier alpha value is -1.66. The average Bonchev–Trinajstić information content (AvgIpc) is 2.41. The first kappa shape index (κ1) is 14.7. The lowest BCUT2D eigenvalue weighted by Gasteiger charge is -2.08. The van der Waals surface area contributed by atoms with Crippen molar-refractivity contribution in [1.82, 2.24) is 0 Å². The van der Waals surface area contributed by atoms with Gasteiger partial charge in [0.05, 0.1) is 9.40 Å². The van der Waals surface area contributed by atoms with Gasteiger partial charge in [0.1, 0.15) is 5.82 Å². The highest BCUT2D eigenvalue weighted by Gasteiger charge is 2.12. The van der Waals surface area contributed by atoms with E-state index in [1.165, 1.54) is 24.3 Å². The zero-order valence-corrected chi connectivity index (χ0v) is 12.4. The molecule has 0 fully saturated rings. The van der Waals surface area contributed by atoms with Crippen LogP contribution in [0.4, 0.5) is 15.8 Å². The molecule has 20 heavy (non-hydrogen) atoms. The molecule has 0 aliphatic rings. The molecule has 0 aliphatic carbocycles. The lowest BCUT2D eigenvalue weighted by Crippen LogP contribution is -2.02. The molecule has 0 radical (unpaired) electrons. The first-order valence-electron chi connectivity index (χ1n) is 5.59. The lowest BCUT2D eigenvalue weighted by molar-refractivity contribution is -0.385. The number of nitrogens with zero attached hydrogens (tertiary/aromatic N) is 1. The van der Waals surface area contributed by atoms with Crippen LogP contribution in [0.2, 0.25) is 5.02 Å². The highest BCUT2D eigenvalue weighted by molar-refractivity contribution is 9.10. The van der Waals surface area contributed by atoms with Gasteiger partial charge < -0.3 is 5.32 Å². The molecule has 0 aromatic heterocycles. The van der Waals surface area contributed by atoms with Gasteiger partial charge in [0, 0.05) is 28.9 Å². The maximum absolute atomic E-state index is 13.5. The van der Waals surface area contributed by atoms with Crippen LogP contribution in [-0.4, -0.2) is 4.92 Å². The van der Waals surface area contributed by atoms with E-state index in [2.05, 4.69) is 21.2 Å². The molecule has 2 aromatic rings. The minimum atomic E-state index is -0.491. The van der Waals surface area contributed by atoms with Crippen molar-refractivity contribution in [2.45, 2.75) is 6.54 Å². The van der Waals surface area contributed by atoms with E-state index in [4.69, 9.17) is 11.6 Å². The van der Waals surface area contributed by atoms with Gasteiger partial charge in [-0.1, -0.05) is 11.6 Å². The van der Waals surface area contributed by atoms with E-state index in [0.29, 0.717) is 20.7 Å². The molecule has 7 heteroatoms. The normalized spacial score (nSPS) is 10.3. The Morgan fingerprint density at radius 1 is 1.30 bits per heavy atom. The predicted octanol–water partition coefficient (Wildman–Crippen LogP) is 4.76. The van der Waals surface area contributed by atoms with Crippen molar-refractivity contribution >= 4 is 38.9 Å². The van der Waals surface area contributed by atoms with Crippen molar-refractivity contribution in [3.05, 3.63) is 67.4 Å². The van der Waals surface area contributed by atoms with Crippen LogP contribution in [0, 0.1) is 15.9 Å². The van der Waals surface area contributed by atoms with Crippen LogP contribution in [0.25, 0.3) is 0 Å². The maximum Gasteiger partial charge on any atom is 0.285 e. The van der Waals surface area contributed by atoms with Gasteiger partial charge >= 0.3 is 0 Å². The summed E-state index contributed by atoms with van der Waals surface area (Å²) in [5.41, 5.74) is 0.865. The zero-order chi connectivity index (χ0) is 14.7. The molecule has 0 heterocycles. The van der Waals surface area contributed by atoms with Crippen molar-refractivity contribution in [3.8, 4) is 0 Å². The van der Waals surface area contributed by atoms with Crippen LogP contribution >= 0.6 is 27.5 Å². The fourth-order valence-corrected chi connectivity index (χ4v) is 2.22. The Morgan fingerprint density at radius 3 is 2.75 bits per heavy atom. The summed E-state index contributed by atoms with van der Waals surface area (Å²) >= 11 is 8.90. The van der Waals surface area contributed by atoms with Crippen LogP contribution in [0.1, 0.15) is 5.56 Å².